The van der Waals surface area contributed by atoms with Gasteiger partial charge in [-0.25, -0.2) is 0 Å². The van der Waals surface area contributed by atoms with Gasteiger partial charge >= 0.3 is 7.60 Å². The van der Waals surface area contributed by atoms with Crippen molar-refractivity contribution in [1.82, 2.24) is 0 Å². The van der Waals surface area contributed by atoms with Crippen LogP contribution in [0.2, 0.25) is 0 Å². The molecule has 0 amide bonds. The molecule has 0 unspecified atom stereocenters. The van der Waals surface area contributed by atoms with Crippen LogP contribution in [0.1, 0.15) is 6.92 Å². The molecule has 0 spiro atoms. The summed E-state index contributed by atoms with van der Waals surface area (Å²) in [5.41, 5.74) is 0. The van der Waals surface area contributed by atoms with Crippen LogP contribution in [0, 0.1) is 0 Å². The summed E-state index contributed by atoms with van der Waals surface area (Å²) in [5.74, 6) is -1.69. The van der Waals surface area contributed by atoms with Crippen LogP contribution in [-0.2, 0) is 13.6 Å². The molecular formula is C6H13O6P. The standard InChI is InChI=1S/C6H13O6P/c1-3-4(7)5(8)6(9)13(10,11-2)12-3/h3-9H,1-2H3/t3-,4+,5+,6+,13-/m0/s1. The van der Waals surface area contributed by atoms with Crippen LogP contribution >= 0.6 is 7.60 Å². The minimum atomic E-state index is -3.69. The highest BCUT2D eigenvalue weighted by Crippen LogP contribution is 2.56. The number of hydrogen-bond donors (Lipinski definition) is 3. The Morgan fingerprint density at radius 3 is 2.31 bits per heavy atom. The van der Waals surface area contributed by atoms with Gasteiger partial charge in [-0.3, -0.25) is 4.57 Å². The molecule has 78 valence electrons. The van der Waals surface area contributed by atoms with Crippen LogP contribution < -0.4 is 0 Å². The van der Waals surface area contributed by atoms with Gasteiger partial charge in [0.15, 0.2) is 5.85 Å². The molecule has 1 fully saturated rings. The minimum Gasteiger partial charge on any atom is -0.388 e. The summed E-state index contributed by atoms with van der Waals surface area (Å²) in [7, 11) is -2.58. The Hall–Kier alpha value is 0.0300. The summed E-state index contributed by atoms with van der Waals surface area (Å²) < 4.78 is 20.8. The highest BCUT2D eigenvalue weighted by molar-refractivity contribution is 7.54. The molecule has 0 aromatic carbocycles. The Balaban J connectivity index is 2.89. The van der Waals surface area contributed by atoms with E-state index in [9.17, 15) is 19.9 Å². The third-order valence-corrected chi connectivity index (χ3v) is 4.12. The fourth-order valence-corrected chi connectivity index (χ4v) is 2.71. The van der Waals surface area contributed by atoms with Crippen molar-refractivity contribution in [2.24, 2.45) is 0 Å². The van der Waals surface area contributed by atoms with E-state index in [2.05, 4.69) is 4.52 Å². The fourth-order valence-electron chi connectivity index (χ4n) is 1.15. The zero-order valence-electron chi connectivity index (χ0n) is 7.32. The second-order valence-electron chi connectivity index (χ2n) is 2.93. The Labute approximate surface area is 75.6 Å². The summed E-state index contributed by atoms with van der Waals surface area (Å²) in [6.07, 6.45) is -3.59. The fraction of sp³-hybridized carbons (Fsp3) is 1.00. The van der Waals surface area contributed by atoms with Gasteiger partial charge in [0.05, 0.1) is 6.10 Å². The van der Waals surface area contributed by atoms with Crippen molar-refractivity contribution in [1.29, 1.82) is 0 Å². The quantitative estimate of drug-likeness (QED) is 0.496. The lowest BCUT2D eigenvalue weighted by atomic mass is 10.1. The van der Waals surface area contributed by atoms with Gasteiger partial charge in [-0.1, -0.05) is 0 Å². The van der Waals surface area contributed by atoms with Crippen LogP contribution in [-0.4, -0.2) is 46.6 Å². The van der Waals surface area contributed by atoms with Gasteiger partial charge in [0.1, 0.15) is 12.2 Å². The Kier molecular flexibility index (Phi) is 3.12. The van der Waals surface area contributed by atoms with Crippen molar-refractivity contribution >= 4 is 7.60 Å². The molecule has 0 aromatic heterocycles. The third-order valence-electron chi connectivity index (χ3n) is 2.03. The average molecular weight is 212 g/mol. The predicted molar refractivity (Wildman–Crippen MR) is 43.2 cm³/mol. The molecule has 3 N–H and O–H groups in total. The van der Waals surface area contributed by atoms with E-state index in [4.69, 9.17) is 4.52 Å². The van der Waals surface area contributed by atoms with Gasteiger partial charge in [0.25, 0.3) is 0 Å². The highest BCUT2D eigenvalue weighted by atomic mass is 31.2. The number of hydrogen-bond acceptors (Lipinski definition) is 6. The molecule has 1 saturated heterocycles. The third kappa shape index (κ3) is 1.79. The van der Waals surface area contributed by atoms with E-state index in [0.717, 1.165) is 7.11 Å². The van der Waals surface area contributed by atoms with Crippen molar-refractivity contribution in [2.45, 2.75) is 31.1 Å². The van der Waals surface area contributed by atoms with Crippen molar-refractivity contribution < 1.29 is 28.9 Å². The maximum atomic E-state index is 11.5. The van der Waals surface area contributed by atoms with Crippen LogP contribution in [0.15, 0.2) is 0 Å². The van der Waals surface area contributed by atoms with Crippen LogP contribution in [0.25, 0.3) is 0 Å². The van der Waals surface area contributed by atoms with Gasteiger partial charge in [0.2, 0.25) is 0 Å². The first kappa shape index (κ1) is 11.1. The van der Waals surface area contributed by atoms with Crippen LogP contribution in [0.3, 0.4) is 0 Å². The Morgan fingerprint density at radius 2 is 1.85 bits per heavy atom. The molecule has 1 aliphatic rings. The van der Waals surface area contributed by atoms with Crippen LogP contribution in [0.5, 0.6) is 0 Å². The molecular weight excluding hydrogens is 199 g/mol. The van der Waals surface area contributed by atoms with E-state index in [0.29, 0.717) is 0 Å². The molecule has 0 aromatic rings. The van der Waals surface area contributed by atoms with Crippen molar-refractivity contribution in [3.63, 3.8) is 0 Å². The van der Waals surface area contributed by atoms with E-state index >= 15 is 0 Å². The number of aliphatic hydroxyl groups is 3. The second-order valence-corrected chi connectivity index (χ2v) is 5.11. The lowest BCUT2D eigenvalue weighted by Crippen LogP contribution is -2.49. The number of rotatable bonds is 1. The van der Waals surface area contributed by atoms with Gasteiger partial charge in [-0.15, -0.1) is 0 Å². The average Bonchev–Trinajstić information content (AvgIpc) is 2.12. The van der Waals surface area contributed by atoms with E-state index in [1.54, 1.807) is 0 Å². The molecule has 1 aliphatic heterocycles. The smallest absolute Gasteiger partial charge is 0.361 e. The Bertz CT molecular complexity index is 231. The molecule has 5 atom stereocenters. The second kappa shape index (κ2) is 3.65. The molecule has 1 rings (SSSR count). The van der Waals surface area contributed by atoms with E-state index < -0.39 is 31.8 Å². The molecule has 0 aliphatic carbocycles. The summed E-state index contributed by atoms with van der Waals surface area (Å²) in [5, 5.41) is 27.7. The van der Waals surface area contributed by atoms with Crippen LogP contribution in [0.4, 0.5) is 0 Å². The summed E-state index contributed by atoms with van der Waals surface area (Å²) in [6, 6.07) is 0. The normalized spacial score (nSPS) is 52.1. The molecule has 1 heterocycles. The minimum absolute atomic E-state index is 0.829. The molecule has 0 radical (unpaired) electrons. The molecule has 0 saturated carbocycles. The zero-order chi connectivity index (χ0) is 10.2. The zero-order valence-corrected chi connectivity index (χ0v) is 8.22. The van der Waals surface area contributed by atoms with Crippen molar-refractivity contribution in [2.75, 3.05) is 7.11 Å². The molecule has 7 heteroatoms. The van der Waals surface area contributed by atoms with Crippen molar-refractivity contribution in [3.8, 4) is 0 Å². The van der Waals surface area contributed by atoms with E-state index in [-0.39, 0.29) is 0 Å². The predicted octanol–water partition coefficient (Wildman–Crippen LogP) is -0.715. The molecule has 6 nitrogen and oxygen atoms in total. The first-order valence-corrected chi connectivity index (χ1v) is 5.41. The molecule has 0 bridgehead atoms. The van der Waals surface area contributed by atoms with Gasteiger partial charge in [0, 0.05) is 7.11 Å². The van der Waals surface area contributed by atoms with Gasteiger partial charge in [-0.2, -0.15) is 0 Å². The summed E-state index contributed by atoms with van der Waals surface area (Å²) in [4.78, 5) is 0. The van der Waals surface area contributed by atoms with Gasteiger partial charge < -0.3 is 24.4 Å². The maximum absolute atomic E-state index is 11.5. The SMILES string of the molecule is CO[P@]1(=O)O[C@@H](C)[C@@H](O)[C@@H](O)[C@@H]1O. The van der Waals surface area contributed by atoms with Crippen molar-refractivity contribution in [3.05, 3.63) is 0 Å². The summed E-state index contributed by atoms with van der Waals surface area (Å²) in [6.45, 7) is 1.44. The largest absolute Gasteiger partial charge is 0.388 e. The van der Waals surface area contributed by atoms with E-state index in [1.165, 1.54) is 6.92 Å². The number of aliphatic hydroxyl groups excluding tert-OH is 3. The topological polar surface area (TPSA) is 96.2 Å². The lowest BCUT2D eigenvalue weighted by molar-refractivity contribution is -0.107. The monoisotopic (exact) mass is 212 g/mol. The lowest BCUT2D eigenvalue weighted by Gasteiger charge is -2.37. The first-order valence-electron chi connectivity index (χ1n) is 3.80. The summed E-state index contributed by atoms with van der Waals surface area (Å²) >= 11 is 0. The maximum Gasteiger partial charge on any atom is 0.361 e. The first-order chi connectivity index (χ1) is 5.92. The Morgan fingerprint density at radius 1 is 1.31 bits per heavy atom. The highest BCUT2D eigenvalue weighted by Gasteiger charge is 2.50. The molecule has 13 heavy (non-hydrogen) atoms. The van der Waals surface area contributed by atoms with E-state index in [1.807, 2.05) is 0 Å². The van der Waals surface area contributed by atoms with Gasteiger partial charge in [-0.05, 0) is 6.92 Å².